The zero-order valence-electron chi connectivity index (χ0n) is 14.7. The third kappa shape index (κ3) is 3.32. The van der Waals surface area contributed by atoms with E-state index in [0.29, 0.717) is 24.1 Å². The first-order valence-electron chi connectivity index (χ1n) is 8.80. The van der Waals surface area contributed by atoms with Gasteiger partial charge in [0.25, 0.3) is 5.91 Å². The molecule has 6 heteroatoms. The van der Waals surface area contributed by atoms with Crippen LogP contribution in [0.1, 0.15) is 21.5 Å². The molecule has 3 aromatic rings. The topological polar surface area (TPSA) is 52.2 Å². The fourth-order valence-electron chi connectivity index (χ4n) is 3.47. The number of H-pyrrole nitrogens is 1. The molecule has 1 aromatic heterocycles. The molecule has 2 aromatic carbocycles. The molecule has 0 bridgehead atoms. The zero-order valence-corrected chi connectivity index (χ0v) is 14.7. The fraction of sp³-hybridized carbons (Fsp3) is 0.300. The van der Waals surface area contributed by atoms with Crippen LogP contribution in [0.15, 0.2) is 42.7 Å². The Kier molecular flexibility index (Phi) is 4.42. The first-order chi connectivity index (χ1) is 12.6. The number of piperazine rings is 1. The number of nitrogens with zero attached hydrogens (tertiary/aromatic N) is 3. The lowest BCUT2D eigenvalue weighted by atomic mass is 10.1. The number of benzene rings is 2. The summed E-state index contributed by atoms with van der Waals surface area (Å²) < 4.78 is 14.3. The second-order valence-electron chi connectivity index (χ2n) is 6.81. The van der Waals surface area contributed by atoms with Crippen molar-refractivity contribution in [2.24, 2.45) is 0 Å². The molecule has 134 valence electrons. The van der Waals surface area contributed by atoms with Crippen molar-refractivity contribution in [3.05, 3.63) is 65.2 Å². The predicted molar refractivity (Wildman–Crippen MR) is 98.4 cm³/mol. The van der Waals surface area contributed by atoms with E-state index in [1.807, 2.05) is 0 Å². The molecule has 1 saturated heterocycles. The second-order valence-corrected chi connectivity index (χ2v) is 6.81. The Labute approximate surface area is 151 Å². The third-order valence-corrected chi connectivity index (χ3v) is 4.89. The summed E-state index contributed by atoms with van der Waals surface area (Å²) >= 11 is 0. The quantitative estimate of drug-likeness (QED) is 0.788. The van der Waals surface area contributed by atoms with Crippen molar-refractivity contribution in [1.82, 2.24) is 19.8 Å². The van der Waals surface area contributed by atoms with E-state index in [0.717, 1.165) is 19.6 Å². The highest BCUT2D eigenvalue weighted by Crippen LogP contribution is 2.19. The van der Waals surface area contributed by atoms with Gasteiger partial charge in [0, 0.05) is 38.8 Å². The molecule has 0 saturated carbocycles. The van der Waals surface area contributed by atoms with Crippen molar-refractivity contribution in [2.45, 2.75) is 13.5 Å². The zero-order chi connectivity index (χ0) is 18.1. The van der Waals surface area contributed by atoms with Gasteiger partial charge in [0.15, 0.2) is 0 Å². The summed E-state index contributed by atoms with van der Waals surface area (Å²) in [6.45, 7) is 5.73. The van der Waals surface area contributed by atoms with Crippen LogP contribution in [-0.2, 0) is 6.54 Å². The molecule has 4 rings (SSSR count). The predicted octanol–water partition coefficient (Wildman–Crippen LogP) is 2.97. The molecule has 5 nitrogen and oxygen atoms in total. The summed E-state index contributed by atoms with van der Waals surface area (Å²) in [5.41, 5.74) is 3.83. The van der Waals surface area contributed by atoms with E-state index in [9.17, 15) is 9.18 Å². The van der Waals surface area contributed by atoms with Crippen LogP contribution in [0.4, 0.5) is 4.39 Å². The minimum absolute atomic E-state index is 0.0942. The molecule has 0 spiro atoms. The summed E-state index contributed by atoms with van der Waals surface area (Å²) in [4.78, 5) is 23.7. The van der Waals surface area contributed by atoms with E-state index in [4.69, 9.17) is 0 Å². The average Bonchev–Trinajstić information content (AvgIpc) is 3.08. The number of aryl methyl sites for hydroxylation is 1. The molecule has 1 amide bonds. The van der Waals surface area contributed by atoms with Crippen LogP contribution in [0.3, 0.4) is 0 Å². The van der Waals surface area contributed by atoms with E-state index < -0.39 is 5.82 Å². The number of halogens is 1. The second kappa shape index (κ2) is 6.88. The Balaban J connectivity index is 1.42. The molecule has 1 fully saturated rings. The minimum Gasteiger partial charge on any atom is -0.345 e. The van der Waals surface area contributed by atoms with Gasteiger partial charge in [-0.3, -0.25) is 9.69 Å². The summed E-state index contributed by atoms with van der Waals surface area (Å²) in [5, 5.41) is 0. The van der Waals surface area contributed by atoms with Gasteiger partial charge in [0.05, 0.1) is 22.9 Å². The Bertz CT molecular complexity index is 944. The average molecular weight is 352 g/mol. The monoisotopic (exact) mass is 352 g/mol. The van der Waals surface area contributed by atoms with E-state index in [2.05, 4.69) is 46.1 Å². The van der Waals surface area contributed by atoms with Gasteiger partial charge in [-0.25, -0.2) is 9.37 Å². The first kappa shape index (κ1) is 16.7. The number of hydrogen-bond donors (Lipinski definition) is 1. The lowest BCUT2D eigenvalue weighted by Gasteiger charge is -2.34. The lowest BCUT2D eigenvalue weighted by Crippen LogP contribution is -2.48. The molecule has 26 heavy (non-hydrogen) atoms. The van der Waals surface area contributed by atoms with Gasteiger partial charge < -0.3 is 9.88 Å². The van der Waals surface area contributed by atoms with Crippen LogP contribution in [0, 0.1) is 12.7 Å². The molecule has 1 aliphatic heterocycles. The van der Waals surface area contributed by atoms with E-state index in [1.165, 1.54) is 29.6 Å². The molecule has 1 aliphatic rings. The van der Waals surface area contributed by atoms with Gasteiger partial charge in [-0.1, -0.05) is 29.8 Å². The Morgan fingerprint density at radius 3 is 2.77 bits per heavy atom. The maximum atomic E-state index is 14.3. The van der Waals surface area contributed by atoms with Crippen LogP contribution in [0.5, 0.6) is 0 Å². The SMILES string of the molecule is Cc1cccc(CN2CCN(C(=O)c3cc4nc[nH]c4cc3F)CC2)c1. The summed E-state index contributed by atoms with van der Waals surface area (Å²) in [7, 11) is 0. The summed E-state index contributed by atoms with van der Waals surface area (Å²) in [5.74, 6) is -0.767. The molecule has 1 N–H and O–H groups in total. The van der Waals surface area contributed by atoms with Crippen molar-refractivity contribution in [2.75, 3.05) is 26.2 Å². The molecule has 0 unspecified atom stereocenters. The molecule has 2 heterocycles. The lowest BCUT2D eigenvalue weighted by molar-refractivity contribution is 0.0624. The van der Waals surface area contributed by atoms with Gasteiger partial charge in [-0.2, -0.15) is 0 Å². The van der Waals surface area contributed by atoms with Gasteiger partial charge in [-0.15, -0.1) is 0 Å². The van der Waals surface area contributed by atoms with E-state index >= 15 is 0 Å². The van der Waals surface area contributed by atoms with Gasteiger partial charge in [-0.05, 0) is 18.6 Å². The van der Waals surface area contributed by atoms with Crippen molar-refractivity contribution in [3.63, 3.8) is 0 Å². The van der Waals surface area contributed by atoms with Crippen LogP contribution in [-0.4, -0.2) is 51.9 Å². The van der Waals surface area contributed by atoms with Gasteiger partial charge in [0.1, 0.15) is 5.82 Å². The number of fused-ring (bicyclic) bond motifs is 1. The number of hydrogen-bond acceptors (Lipinski definition) is 3. The van der Waals surface area contributed by atoms with E-state index in [-0.39, 0.29) is 11.5 Å². The number of carbonyl (C=O) groups excluding carboxylic acids is 1. The number of nitrogens with one attached hydrogen (secondary N) is 1. The first-order valence-corrected chi connectivity index (χ1v) is 8.80. The molecule has 0 radical (unpaired) electrons. The van der Waals surface area contributed by atoms with Gasteiger partial charge >= 0.3 is 0 Å². The van der Waals surface area contributed by atoms with Crippen molar-refractivity contribution < 1.29 is 9.18 Å². The molecule has 0 aliphatic carbocycles. The van der Waals surface area contributed by atoms with Crippen LogP contribution < -0.4 is 0 Å². The highest BCUT2D eigenvalue weighted by molar-refractivity contribution is 5.97. The summed E-state index contributed by atoms with van der Waals surface area (Å²) in [6.07, 6.45) is 1.50. The van der Waals surface area contributed by atoms with Gasteiger partial charge in [0.2, 0.25) is 0 Å². The fourth-order valence-corrected chi connectivity index (χ4v) is 3.47. The van der Waals surface area contributed by atoms with Crippen LogP contribution >= 0.6 is 0 Å². The smallest absolute Gasteiger partial charge is 0.256 e. The van der Waals surface area contributed by atoms with Crippen molar-refractivity contribution in [3.8, 4) is 0 Å². The minimum atomic E-state index is -0.506. The molecular weight excluding hydrogens is 331 g/mol. The Morgan fingerprint density at radius 1 is 1.19 bits per heavy atom. The highest BCUT2D eigenvalue weighted by atomic mass is 19.1. The van der Waals surface area contributed by atoms with Crippen molar-refractivity contribution >= 4 is 16.9 Å². The van der Waals surface area contributed by atoms with Crippen molar-refractivity contribution in [1.29, 1.82) is 0 Å². The highest BCUT2D eigenvalue weighted by Gasteiger charge is 2.24. The molecular formula is C20H21FN4O. The summed E-state index contributed by atoms with van der Waals surface area (Å²) in [6, 6.07) is 11.3. The number of rotatable bonds is 3. The van der Waals surface area contributed by atoms with Crippen LogP contribution in [0.2, 0.25) is 0 Å². The Hall–Kier alpha value is -2.73. The number of imidazole rings is 1. The molecule has 0 atom stereocenters. The number of aromatic nitrogens is 2. The number of carbonyl (C=O) groups is 1. The maximum Gasteiger partial charge on any atom is 0.256 e. The van der Waals surface area contributed by atoms with Crippen LogP contribution in [0.25, 0.3) is 11.0 Å². The largest absolute Gasteiger partial charge is 0.345 e. The van der Waals surface area contributed by atoms with E-state index in [1.54, 1.807) is 4.90 Å². The Morgan fingerprint density at radius 2 is 2.00 bits per heavy atom. The number of aromatic amines is 1. The maximum absolute atomic E-state index is 14.3. The standard InChI is InChI=1S/C20H21FN4O/c1-14-3-2-4-15(9-14)12-24-5-7-25(8-6-24)20(26)16-10-18-19(11-17(16)21)23-13-22-18/h2-4,9-11,13H,5-8,12H2,1H3,(H,22,23). The normalized spacial score (nSPS) is 15.5. The number of amides is 1. The third-order valence-electron chi connectivity index (χ3n) is 4.89.